The largest absolute Gasteiger partial charge is 0.490 e. The molecular formula is C12H23BClNO2. The molecule has 2 aliphatic rings. The Morgan fingerprint density at radius 2 is 1.71 bits per heavy atom. The van der Waals surface area contributed by atoms with Crippen LogP contribution in [0.5, 0.6) is 0 Å². The molecule has 0 spiro atoms. The van der Waals surface area contributed by atoms with E-state index in [1.807, 2.05) is 0 Å². The van der Waals surface area contributed by atoms with Crippen molar-refractivity contribution in [3.8, 4) is 0 Å². The highest BCUT2D eigenvalue weighted by Crippen LogP contribution is 2.39. The van der Waals surface area contributed by atoms with Gasteiger partial charge in [-0.3, -0.25) is 0 Å². The van der Waals surface area contributed by atoms with Crippen molar-refractivity contribution < 1.29 is 9.31 Å². The maximum atomic E-state index is 6.03. The Balaban J connectivity index is 0.00000144. The lowest BCUT2D eigenvalue weighted by Gasteiger charge is -2.32. The van der Waals surface area contributed by atoms with Gasteiger partial charge in [0.1, 0.15) is 0 Å². The molecule has 2 rings (SSSR count). The summed E-state index contributed by atoms with van der Waals surface area (Å²) in [6, 6.07) is 0. The van der Waals surface area contributed by atoms with Crippen molar-refractivity contribution in [3.63, 3.8) is 0 Å². The molecular weight excluding hydrogens is 236 g/mol. The molecule has 0 atom stereocenters. The molecule has 2 heterocycles. The van der Waals surface area contributed by atoms with Crippen molar-refractivity contribution in [2.45, 2.75) is 45.3 Å². The van der Waals surface area contributed by atoms with Crippen molar-refractivity contribution in [2.24, 2.45) is 0 Å². The van der Waals surface area contributed by atoms with Crippen molar-refractivity contribution in [1.29, 1.82) is 0 Å². The first-order valence-electron chi connectivity index (χ1n) is 6.05. The minimum atomic E-state index is -0.220. The monoisotopic (exact) mass is 259 g/mol. The van der Waals surface area contributed by atoms with Crippen LogP contribution in [0.3, 0.4) is 0 Å². The van der Waals surface area contributed by atoms with Gasteiger partial charge in [-0.15, -0.1) is 12.4 Å². The van der Waals surface area contributed by atoms with Gasteiger partial charge < -0.3 is 14.2 Å². The highest BCUT2D eigenvalue weighted by molar-refractivity contribution is 6.54. The summed E-state index contributed by atoms with van der Waals surface area (Å²) >= 11 is 0. The fraction of sp³-hybridized carbons (Fsp3) is 0.833. The van der Waals surface area contributed by atoms with Gasteiger partial charge in [0, 0.05) is 13.1 Å². The SMILES string of the molecule is CN1CC=C(B2OC(C)(C)C(C)(C)O2)CC1.Cl. The van der Waals surface area contributed by atoms with E-state index >= 15 is 0 Å². The summed E-state index contributed by atoms with van der Waals surface area (Å²) in [6.45, 7) is 10.5. The lowest BCUT2D eigenvalue weighted by atomic mass is 9.75. The molecule has 98 valence electrons. The molecule has 5 heteroatoms. The summed E-state index contributed by atoms with van der Waals surface area (Å²) in [7, 11) is 2.00. The summed E-state index contributed by atoms with van der Waals surface area (Å²) in [6.07, 6.45) is 3.29. The fourth-order valence-electron chi connectivity index (χ4n) is 1.99. The van der Waals surface area contributed by atoms with Crippen LogP contribution in [-0.4, -0.2) is 43.4 Å². The molecule has 0 aromatic heterocycles. The van der Waals surface area contributed by atoms with Crippen LogP contribution in [0.1, 0.15) is 34.1 Å². The van der Waals surface area contributed by atoms with Gasteiger partial charge in [-0.1, -0.05) is 6.08 Å². The van der Waals surface area contributed by atoms with Crippen LogP contribution in [0.15, 0.2) is 11.5 Å². The van der Waals surface area contributed by atoms with Crippen molar-refractivity contribution in [3.05, 3.63) is 11.5 Å². The number of likely N-dealkylation sites (N-methyl/N-ethyl adjacent to an activating group) is 1. The van der Waals surface area contributed by atoms with Crippen molar-refractivity contribution in [2.75, 3.05) is 20.1 Å². The second-order valence-corrected chi connectivity index (χ2v) is 5.88. The van der Waals surface area contributed by atoms with E-state index in [2.05, 4.69) is 45.7 Å². The van der Waals surface area contributed by atoms with Crippen LogP contribution in [0.4, 0.5) is 0 Å². The van der Waals surface area contributed by atoms with E-state index < -0.39 is 0 Å². The van der Waals surface area contributed by atoms with Crippen LogP contribution in [-0.2, 0) is 9.31 Å². The van der Waals surface area contributed by atoms with Gasteiger partial charge in [-0.2, -0.15) is 0 Å². The summed E-state index contributed by atoms with van der Waals surface area (Å²) < 4.78 is 12.1. The molecule has 1 fully saturated rings. The van der Waals surface area contributed by atoms with Gasteiger partial charge in [-0.25, -0.2) is 0 Å². The number of nitrogens with zero attached hydrogens (tertiary/aromatic N) is 1. The van der Waals surface area contributed by atoms with Gasteiger partial charge in [-0.05, 0) is 46.6 Å². The van der Waals surface area contributed by atoms with Gasteiger partial charge in [0.05, 0.1) is 11.2 Å². The molecule has 0 unspecified atom stereocenters. The van der Waals surface area contributed by atoms with Crippen LogP contribution >= 0.6 is 12.4 Å². The summed E-state index contributed by atoms with van der Waals surface area (Å²) in [5, 5.41) is 0. The fourth-order valence-corrected chi connectivity index (χ4v) is 1.99. The van der Waals surface area contributed by atoms with Gasteiger partial charge >= 0.3 is 7.12 Å². The Bertz CT molecular complexity index is 302. The average molecular weight is 260 g/mol. The number of hydrogen-bond acceptors (Lipinski definition) is 3. The van der Waals surface area contributed by atoms with Crippen LogP contribution in [0.2, 0.25) is 0 Å². The van der Waals surface area contributed by atoms with Gasteiger partial charge in [0.25, 0.3) is 0 Å². The Hall–Kier alpha value is -0.0251. The minimum Gasteiger partial charge on any atom is -0.400 e. The standard InChI is InChI=1S/C12H22BNO2.ClH/c1-11(2)12(3,4)16-13(15-11)10-6-8-14(5)9-7-10;/h6H,7-9H2,1-5H3;1H. The highest BCUT2D eigenvalue weighted by atomic mass is 35.5. The Labute approximate surface area is 111 Å². The lowest BCUT2D eigenvalue weighted by molar-refractivity contribution is 0.00578. The molecule has 17 heavy (non-hydrogen) atoms. The molecule has 0 amide bonds. The lowest BCUT2D eigenvalue weighted by Crippen LogP contribution is -2.41. The van der Waals surface area contributed by atoms with E-state index in [4.69, 9.17) is 9.31 Å². The van der Waals surface area contributed by atoms with E-state index in [9.17, 15) is 0 Å². The number of hydrogen-bond donors (Lipinski definition) is 0. The highest BCUT2D eigenvalue weighted by Gasteiger charge is 2.52. The third kappa shape index (κ3) is 2.87. The zero-order valence-corrected chi connectivity index (χ0v) is 12.3. The van der Waals surface area contributed by atoms with Gasteiger partial charge in [0.15, 0.2) is 0 Å². The normalized spacial score (nSPS) is 27.6. The van der Waals surface area contributed by atoms with E-state index in [1.54, 1.807) is 0 Å². The predicted octanol–water partition coefficient (Wildman–Crippen LogP) is 2.30. The molecule has 0 aromatic rings. The number of rotatable bonds is 1. The molecule has 0 radical (unpaired) electrons. The molecule has 0 saturated carbocycles. The van der Waals surface area contributed by atoms with E-state index in [0.717, 1.165) is 19.5 Å². The average Bonchev–Trinajstić information content (AvgIpc) is 2.37. The summed E-state index contributed by atoms with van der Waals surface area (Å²) in [4.78, 5) is 2.30. The van der Waals surface area contributed by atoms with Crippen molar-refractivity contribution >= 4 is 19.5 Å². The van der Waals surface area contributed by atoms with Crippen LogP contribution in [0.25, 0.3) is 0 Å². The zero-order chi connectivity index (χ0) is 12.0. The smallest absolute Gasteiger partial charge is 0.400 e. The van der Waals surface area contributed by atoms with Gasteiger partial charge in [0.2, 0.25) is 0 Å². The maximum absolute atomic E-state index is 6.03. The first kappa shape index (κ1) is 15.0. The third-order valence-electron chi connectivity index (χ3n) is 4.00. The van der Waals surface area contributed by atoms with Crippen molar-refractivity contribution in [1.82, 2.24) is 4.90 Å². The predicted molar refractivity (Wildman–Crippen MR) is 73.5 cm³/mol. The molecule has 2 aliphatic heterocycles. The van der Waals surface area contributed by atoms with E-state index in [0.29, 0.717) is 0 Å². The van der Waals surface area contributed by atoms with E-state index in [1.165, 1.54) is 5.47 Å². The Kier molecular flexibility index (Phi) is 4.35. The zero-order valence-electron chi connectivity index (χ0n) is 11.4. The third-order valence-corrected chi connectivity index (χ3v) is 4.00. The second kappa shape index (κ2) is 4.92. The first-order valence-corrected chi connectivity index (χ1v) is 6.05. The summed E-state index contributed by atoms with van der Waals surface area (Å²) in [5.41, 5.74) is 0.862. The molecule has 0 bridgehead atoms. The topological polar surface area (TPSA) is 21.7 Å². The quantitative estimate of drug-likeness (QED) is 0.675. The Morgan fingerprint density at radius 1 is 1.18 bits per heavy atom. The molecule has 1 saturated heterocycles. The molecule has 3 nitrogen and oxygen atoms in total. The van der Waals surface area contributed by atoms with E-state index in [-0.39, 0.29) is 30.7 Å². The number of halogens is 1. The Morgan fingerprint density at radius 3 is 2.12 bits per heavy atom. The van der Waals surface area contributed by atoms with Crippen LogP contribution in [0, 0.1) is 0 Å². The molecule has 0 aliphatic carbocycles. The molecule has 0 N–H and O–H groups in total. The van der Waals surface area contributed by atoms with Crippen LogP contribution < -0.4 is 0 Å². The maximum Gasteiger partial charge on any atom is 0.490 e. The second-order valence-electron chi connectivity index (χ2n) is 5.88. The first-order chi connectivity index (χ1) is 7.32. The summed E-state index contributed by atoms with van der Waals surface area (Å²) in [5.74, 6) is 0. The molecule has 0 aromatic carbocycles. The minimum absolute atomic E-state index is 0.